The van der Waals surface area contributed by atoms with E-state index < -0.39 is 0 Å². The molecule has 0 amide bonds. The molecule has 1 heterocycles. The van der Waals surface area contributed by atoms with Crippen LogP contribution in [0.4, 0.5) is 0 Å². The maximum absolute atomic E-state index is 6.45. The first-order valence-corrected chi connectivity index (χ1v) is 14.8. The van der Waals surface area contributed by atoms with Crippen LogP contribution in [0.15, 0.2) is 94.9 Å². The van der Waals surface area contributed by atoms with E-state index in [1.165, 1.54) is 65.7 Å². The van der Waals surface area contributed by atoms with E-state index in [0.717, 1.165) is 36.9 Å². The lowest BCUT2D eigenvalue weighted by Gasteiger charge is -2.27. The summed E-state index contributed by atoms with van der Waals surface area (Å²) in [5.41, 5.74) is 10.5. The summed E-state index contributed by atoms with van der Waals surface area (Å²) >= 11 is 0. The SMILES string of the molecule is C1#CC2=Cc3c(oc4c3=CC(c3c5c(c(-c6ccc7ccccc7c6)c6ccccc36)CCC=C5)CC=4)CC2C=C1. The van der Waals surface area contributed by atoms with Crippen LogP contribution < -0.4 is 10.6 Å². The Morgan fingerprint density at radius 1 is 0.854 bits per heavy atom. The largest absolute Gasteiger partial charge is 0.461 e. The van der Waals surface area contributed by atoms with Gasteiger partial charge in [0.1, 0.15) is 11.2 Å². The molecule has 0 bridgehead atoms. The average Bonchev–Trinajstić information content (AvgIpc) is 3.38. The number of hydrogen-bond acceptors (Lipinski definition) is 1. The molecule has 4 aliphatic carbocycles. The average molecular weight is 525 g/mol. The lowest BCUT2D eigenvalue weighted by atomic mass is 9.76. The lowest BCUT2D eigenvalue weighted by molar-refractivity contribution is 0.461. The fourth-order valence-corrected chi connectivity index (χ4v) is 7.52. The van der Waals surface area contributed by atoms with Crippen molar-refractivity contribution < 1.29 is 4.42 Å². The maximum atomic E-state index is 6.45. The van der Waals surface area contributed by atoms with E-state index in [0.29, 0.717) is 5.92 Å². The van der Waals surface area contributed by atoms with E-state index in [1.807, 2.05) is 6.08 Å². The minimum atomic E-state index is 0.282. The summed E-state index contributed by atoms with van der Waals surface area (Å²) in [5.74, 6) is 8.22. The van der Waals surface area contributed by atoms with E-state index in [9.17, 15) is 0 Å². The number of fused-ring (bicyclic) bond motifs is 7. The Labute approximate surface area is 239 Å². The third-order valence-corrected chi connectivity index (χ3v) is 9.41. The predicted octanol–water partition coefficient (Wildman–Crippen LogP) is 8.09. The zero-order chi connectivity index (χ0) is 26.9. The quantitative estimate of drug-likeness (QED) is 0.213. The van der Waals surface area contributed by atoms with E-state index in [2.05, 4.69) is 115 Å². The summed E-state index contributed by atoms with van der Waals surface area (Å²) in [4.78, 5) is 0. The van der Waals surface area contributed by atoms with Crippen LogP contribution in [-0.4, -0.2) is 0 Å². The van der Waals surface area contributed by atoms with Crippen LogP contribution in [0, 0.1) is 17.8 Å². The van der Waals surface area contributed by atoms with E-state index >= 15 is 0 Å². The van der Waals surface area contributed by atoms with Crippen molar-refractivity contribution in [2.75, 3.05) is 0 Å². The van der Waals surface area contributed by atoms with Gasteiger partial charge in [0.05, 0.1) is 0 Å². The molecule has 1 heteroatoms. The summed E-state index contributed by atoms with van der Waals surface area (Å²) in [6.45, 7) is 0. The molecule has 4 aromatic carbocycles. The molecular formula is C40H28O. The van der Waals surface area contributed by atoms with Gasteiger partial charge in [-0.25, -0.2) is 0 Å². The molecule has 0 saturated carbocycles. The number of furan rings is 1. The van der Waals surface area contributed by atoms with Gasteiger partial charge in [-0.15, -0.1) is 0 Å². The van der Waals surface area contributed by atoms with Gasteiger partial charge in [0.2, 0.25) is 0 Å². The standard InChI is InChI=1S/C40H28O/c1-2-10-26-21-29(18-17-25(26)9-1)39-31-13-5-7-15-33(31)40(34-16-8-6-14-32(34)39)30-19-20-37-35(23-30)36-22-27-11-3-4-12-28(27)24-38(36)41-37/h1-2,4-5,7-10,12-13,15-18,20-23,28,30H,6,14,19,24H2. The molecule has 0 aliphatic heterocycles. The second kappa shape index (κ2) is 8.85. The van der Waals surface area contributed by atoms with Crippen molar-refractivity contribution >= 4 is 45.8 Å². The van der Waals surface area contributed by atoms with Crippen LogP contribution in [0.2, 0.25) is 0 Å². The van der Waals surface area contributed by atoms with Gasteiger partial charge >= 0.3 is 0 Å². The molecule has 1 nitrogen and oxygen atoms in total. The third-order valence-electron chi connectivity index (χ3n) is 9.41. The second-order valence-corrected chi connectivity index (χ2v) is 11.7. The fourth-order valence-electron chi connectivity index (χ4n) is 7.52. The van der Waals surface area contributed by atoms with Crippen LogP contribution in [-0.2, 0) is 12.8 Å². The minimum Gasteiger partial charge on any atom is -0.461 e. The summed E-state index contributed by atoms with van der Waals surface area (Å²) in [6, 6.07) is 24.7. The van der Waals surface area contributed by atoms with Crippen molar-refractivity contribution in [3.05, 3.63) is 129 Å². The van der Waals surface area contributed by atoms with Gasteiger partial charge in [-0.2, -0.15) is 0 Å². The minimum absolute atomic E-state index is 0.282. The molecule has 9 rings (SSSR count). The van der Waals surface area contributed by atoms with Crippen molar-refractivity contribution in [1.29, 1.82) is 0 Å². The zero-order valence-electron chi connectivity index (χ0n) is 22.8. The molecule has 194 valence electrons. The van der Waals surface area contributed by atoms with Gasteiger partial charge in [0.25, 0.3) is 0 Å². The first-order chi connectivity index (χ1) is 20.3. The highest BCUT2D eigenvalue weighted by molar-refractivity contribution is 6.05. The molecule has 0 saturated heterocycles. The number of rotatable bonds is 2. The number of allylic oxidation sites excluding steroid dienone is 4. The van der Waals surface area contributed by atoms with Crippen molar-refractivity contribution in [2.45, 2.75) is 31.6 Å². The molecule has 0 fully saturated rings. The molecule has 41 heavy (non-hydrogen) atoms. The lowest BCUT2D eigenvalue weighted by Crippen LogP contribution is -2.27. The van der Waals surface area contributed by atoms with Crippen molar-refractivity contribution in [1.82, 2.24) is 0 Å². The highest BCUT2D eigenvalue weighted by Gasteiger charge is 2.28. The molecular weight excluding hydrogens is 496 g/mol. The summed E-state index contributed by atoms with van der Waals surface area (Å²) in [5, 5.41) is 6.54. The van der Waals surface area contributed by atoms with Crippen molar-refractivity contribution in [3.63, 3.8) is 0 Å². The molecule has 1 aromatic heterocycles. The highest BCUT2D eigenvalue weighted by Crippen LogP contribution is 2.45. The third kappa shape index (κ3) is 3.51. The van der Waals surface area contributed by atoms with Gasteiger partial charge in [0, 0.05) is 34.6 Å². The summed E-state index contributed by atoms with van der Waals surface area (Å²) in [7, 11) is 0. The highest BCUT2D eigenvalue weighted by atomic mass is 16.3. The van der Waals surface area contributed by atoms with Crippen LogP contribution in [0.25, 0.3) is 57.0 Å². The molecule has 0 N–H and O–H groups in total. The normalized spacial score (nSPS) is 19.7. The van der Waals surface area contributed by atoms with Crippen molar-refractivity contribution in [2.24, 2.45) is 5.92 Å². The second-order valence-electron chi connectivity index (χ2n) is 11.7. The summed E-state index contributed by atoms with van der Waals surface area (Å²) < 4.78 is 6.45. The summed E-state index contributed by atoms with van der Waals surface area (Å²) in [6.07, 6.45) is 20.0. The van der Waals surface area contributed by atoms with Crippen LogP contribution >= 0.6 is 0 Å². The Balaban J connectivity index is 1.28. The molecule has 0 spiro atoms. The molecule has 4 aliphatic rings. The van der Waals surface area contributed by atoms with Crippen molar-refractivity contribution in [3.8, 4) is 23.0 Å². The van der Waals surface area contributed by atoms with E-state index in [1.54, 1.807) is 0 Å². The molecule has 2 atom stereocenters. The Morgan fingerprint density at radius 3 is 2.68 bits per heavy atom. The van der Waals surface area contributed by atoms with Gasteiger partial charge in [0.15, 0.2) is 0 Å². The predicted molar refractivity (Wildman–Crippen MR) is 171 cm³/mol. The molecule has 2 unspecified atom stereocenters. The van der Waals surface area contributed by atoms with Gasteiger partial charge in [-0.05, 0) is 92.9 Å². The Morgan fingerprint density at radius 2 is 1.73 bits per heavy atom. The molecule has 5 aromatic rings. The topological polar surface area (TPSA) is 13.1 Å². The Kier molecular flexibility index (Phi) is 4.96. The number of benzene rings is 4. The first kappa shape index (κ1) is 23.0. The fraction of sp³-hybridized carbons (Fsp3) is 0.150. The maximum Gasteiger partial charge on any atom is 0.130 e. The Hall–Kier alpha value is -4.80. The first-order valence-electron chi connectivity index (χ1n) is 14.8. The van der Waals surface area contributed by atoms with Gasteiger partial charge in [-0.1, -0.05) is 96.8 Å². The van der Waals surface area contributed by atoms with Crippen LogP contribution in [0.5, 0.6) is 0 Å². The Bertz CT molecular complexity index is 2220. The van der Waals surface area contributed by atoms with Gasteiger partial charge < -0.3 is 4.42 Å². The van der Waals surface area contributed by atoms with E-state index in [-0.39, 0.29) is 5.92 Å². The molecule has 0 radical (unpaired) electrons. The monoisotopic (exact) mass is 524 g/mol. The number of hydrogen-bond donors (Lipinski definition) is 0. The van der Waals surface area contributed by atoms with Crippen LogP contribution in [0.1, 0.15) is 46.8 Å². The van der Waals surface area contributed by atoms with Gasteiger partial charge in [-0.3, -0.25) is 0 Å². The van der Waals surface area contributed by atoms with E-state index in [4.69, 9.17) is 4.42 Å². The zero-order valence-corrected chi connectivity index (χ0v) is 22.8. The van der Waals surface area contributed by atoms with Crippen LogP contribution in [0.3, 0.4) is 0 Å². The smallest absolute Gasteiger partial charge is 0.130 e.